The maximum atomic E-state index is 12.7. The van der Waals surface area contributed by atoms with Crippen molar-refractivity contribution < 1.29 is 9.53 Å². The van der Waals surface area contributed by atoms with Crippen molar-refractivity contribution in [3.8, 4) is 11.1 Å². The molecule has 0 aliphatic carbocycles. The number of aryl methyl sites for hydroxylation is 2. The van der Waals surface area contributed by atoms with E-state index in [1.54, 1.807) is 0 Å². The number of hydrogen-bond acceptors (Lipinski definition) is 6. The highest BCUT2D eigenvalue weighted by Crippen LogP contribution is 2.37. The number of hydrogen-bond donors (Lipinski definition) is 1. The second kappa shape index (κ2) is 8.46. The summed E-state index contributed by atoms with van der Waals surface area (Å²) in [5.74, 6) is 0.446. The number of halogens is 1. The van der Waals surface area contributed by atoms with Crippen LogP contribution in [0.1, 0.15) is 23.3 Å². The summed E-state index contributed by atoms with van der Waals surface area (Å²) in [6, 6.07) is 5.77. The Balaban J connectivity index is 1.90. The van der Waals surface area contributed by atoms with Crippen LogP contribution in [-0.2, 0) is 9.53 Å². The molecule has 0 atom stereocenters. The van der Waals surface area contributed by atoms with Crippen molar-refractivity contribution in [2.45, 2.75) is 31.8 Å². The first-order valence-corrected chi connectivity index (χ1v) is 10.6. The Morgan fingerprint density at radius 2 is 2.15 bits per heavy atom. The van der Waals surface area contributed by atoms with Gasteiger partial charge < -0.3 is 9.72 Å². The number of nitrogens with zero attached hydrogens (tertiary/aromatic N) is 1. The highest BCUT2D eigenvalue weighted by atomic mass is 35.5. The van der Waals surface area contributed by atoms with Gasteiger partial charge in [0.25, 0.3) is 5.56 Å². The maximum Gasteiger partial charge on any atom is 0.305 e. The van der Waals surface area contributed by atoms with E-state index in [0.717, 1.165) is 21.6 Å². The number of H-pyrrole nitrogens is 1. The van der Waals surface area contributed by atoms with E-state index in [1.165, 1.54) is 30.2 Å². The van der Waals surface area contributed by atoms with E-state index in [4.69, 9.17) is 11.6 Å². The van der Waals surface area contributed by atoms with E-state index >= 15 is 0 Å². The smallest absolute Gasteiger partial charge is 0.305 e. The van der Waals surface area contributed by atoms with Gasteiger partial charge in [-0.05, 0) is 43.5 Å². The number of aromatic amines is 1. The normalized spacial score (nSPS) is 11.1. The zero-order chi connectivity index (χ0) is 19.6. The molecule has 0 aliphatic rings. The molecule has 0 saturated carbocycles. The largest absolute Gasteiger partial charge is 0.469 e. The SMILES string of the molecule is COC(=O)CCCSc1nc2sc(C)c(-c3ccc(Cl)c(C)c3)c2c(=O)[nH]1. The first kappa shape index (κ1) is 19.9. The Labute approximate surface area is 170 Å². The van der Waals surface area contributed by atoms with Crippen molar-refractivity contribution in [1.82, 2.24) is 9.97 Å². The van der Waals surface area contributed by atoms with E-state index in [2.05, 4.69) is 14.7 Å². The Morgan fingerprint density at radius 1 is 1.37 bits per heavy atom. The summed E-state index contributed by atoms with van der Waals surface area (Å²) in [5.41, 5.74) is 2.69. The fourth-order valence-electron chi connectivity index (χ4n) is 2.80. The summed E-state index contributed by atoms with van der Waals surface area (Å²) < 4.78 is 4.62. The van der Waals surface area contributed by atoms with Gasteiger partial charge in [-0.3, -0.25) is 9.59 Å². The standard InChI is InChI=1S/C19H19ClN2O3S2/c1-10-9-12(6-7-13(10)20)15-11(2)27-18-16(15)17(24)21-19(22-18)26-8-4-5-14(23)25-3/h6-7,9H,4-5,8H2,1-3H3,(H,21,22,24). The molecular weight excluding hydrogens is 404 g/mol. The number of ether oxygens (including phenoxy) is 1. The minimum absolute atomic E-state index is 0.151. The third-order valence-electron chi connectivity index (χ3n) is 4.15. The summed E-state index contributed by atoms with van der Waals surface area (Å²) in [6.45, 7) is 3.94. The van der Waals surface area contributed by atoms with Crippen molar-refractivity contribution in [2.75, 3.05) is 12.9 Å². The van der Waals surface area contributed by atoms with Crippen LogP contribution in [0.25, 0.3) is 21.3 Å². The predicted molar refractivity (Wildman–Crippen MR) is 112 cm³/mol. The molecule has 27 heavy (non-hydrogen) atoms. The van der Waals surface area contributed by atoms with Crippen molar-refractivity contribution in [1.29, 1.82) is 0 Å². The van der Waals surface area contributed by atoms with Crippen molar-refractivity contribution in [3.05, 3.63) is 44.0 Å². The Morgan fingerprint density at radius 3 is 2.85 bits per heavy atom. The van der Waals surface area contributed by atoms with Gasteiger partial charge in [-0.25, -0.2) is 4.98 Å². The van der Waals surface area contributed by atoms with Crippen LogP contribution in [0.5, 0.6) is 0 Å². The highest BCUT2D eigenvalue weighted by molar-refractivity contribution is 7.99. The summed E-state index contributed by atoms with van der Waals surface area (Å²) in [7, 11) is 1.38. The molecule has 0 radical (unpaired) electrons. The van der Waals surface area contributed by atoms with E-state index in [-0.39, 0.29) is 11.5 Å². The number of thiophene rings is 1. The lowest BCUT2D eigenvalue weighted by molar-refractivity contribution is -0.140. The molecule has 0 fully saturated rings. The Bertz CT molecular complexity index is 1060. The predicted octanol–water partition coefficient (Wildman–Crippen LogP) is 4.97. The summed E-state index contributed by atoms with van der Waals surface area (Å²) >= 11 is 9.07. The second-order valence-corrected chi connectivity index (χ2v) is 8.77. The van der Waals surface area contributed by atoms with Crippen molar-refractivity contribution >= 4 is 50.9 Å². The van der Waals surface area contributed by atoms with E-state index in [0.29, 0.717) is 39.0 Å². The van der Waals surface area contributed by atoms with Crippen LogP contribution in [-0.4, -0.2) is 28.8 Å². The molecule has 3 aromatic rings. The van der Waals surface area contributed by atoms with Gasteiger partial charge in [-0.2, -0.15) is 0 Å². The molecule has 3 rings (SSSR count). The Kier molecular flexibility index (Phi) is 6.24. The number of carbonyl (C=O) groups excluding carboxylic acids is 1. The minimum Gasteiger partial charge on any atom is -0.469 e. The van der Waals surface area contributed by atoms with Crippen LogP contribution >= 0.6 is 34.7 Å². The lowest BCUT2D eigenvalue weighted by Gasteiger charge is -2.05. The number of rotatable bonds is 6. The molecule has 0 saturated heterocycles. The molecule has 2 aromatic heterocycles. The van der Waals surface area contributed by atoms with Gasteiger partial charge in [0, 0.05) is 27.6 Å². The van der Waals surface area contributed by atoms with Gasteiger partial charge in [0.05, 0.1) is 12.5 Å². The molecular formula is C19H19ClN2O3S2. The van der Waals surface area contributed by atoms with Crippen LogP contribution < -0.4 is 5.56 Å². The fraction of sp³-hybridized carbons (Fsp3) is 0.316. The average Bonchev–Trinajstić information content (AvgIpc) is 2.97. The first-order chi connectivity index (χ1) is 12.9. The number of nitrogens with one attached hydrogen (secondary N) is 1. The molecule has 142 valence electrons. The topological polar surface area (TPSA) is 72.0 Å². The van der Waals surface area contributed by atoms with Gasteiger partial charge in [0.2, 0.25) is 0 Å². The van der Waals surface area contributed by atoms with Crippen LogP contribution in [0.2, 0.25) is 5.02 Å². The van der Waals surface area contributed by atoms with E-state index in [9.17, 15) is 9.59 Å². The number of methoxy groups -OCH3 is 1. The third-order valence-corrected chi connectivity index (χ3v) is 6.54. The third kappa shape index (κ3) is 4.36. The zero-order valence-electron chi connectivity index (χ0n) is 15.2. The van der Waals surface area contributed by atoms with Crippen LogP contribution in [0.15, 0.2) is 28.2 Å². The van der Waals surface area contributed by atoms with E-state index in [1.807, 2.05) is 32.0 Å². The van der Waals surface area contributed by atoms with Crippen LogP contribution in [0.4, 0.5) is 0 Å². The van der Waals surface area contributed by atoms with Gasteiger partial charge in [-0.1, -0.05) is 29.4 Å². The minimum atomic E-state index is -0.232. The monoisotopic (exact) mass is 422 g/mol. The van der Waals surface area contributed by atoms with Crippen LogP contribution in [0.3, 0.4) is 0 Å². The molecule has 2 heterocycles. The Hall–Kier alpha value is -1.83. The second-order valence-electron chi connectivity index (χ2n) is 6.08. The zero-order valence-corrected chi connectivity index (χ0v) is 17.6. The molecule has 0 bridgehead atoms. The van der Waals surface area contributed by atoms with Gasteiger partial charge in [0.15, 0.2) is 5.16 Å². The summed E-state index contributed by atoms with van der Waals surface area (Å²) in [6.07, 6.45) is 1.02. The van der Waals surface area contributed by atoms with Gasteiger partial charge in [0.1, 0.15) is 4.83 Å². The molecule has 1 aromatic carbocycles. The lowest BCUT2D eigenvalue weighted by atomic mass is 10.0. The lowest BCUT2D eigenvalue weighted by Crippen LogP contribution is -2.09. The number of aromatic nitrogens is 2. The number of esters is 1. The van der Waals surface area contributed by atoms with E-state index < -0.39 is 0 Å². The molecule has 5 nitrogen and oxygen atoms in total. The van der Waals surface area contributed by atoms with Gasteiger partial charge in [-0.15, -0.1) is 11.3 Å². The summed E-state index contributed by atoms with van der Waals surface area (Å²) in [4.78, 5) is 33.1. The number of fused-ring (bicyclic) bond motifs is 1. The quantitative estimate of drug-likeness (QED) is 0.263. The maximum absolute atomic E-state index is 12.7. The molecule has 0 amide bonds. The molecule has 0 unspecified atom stereocenters. The molecule has 0 spiro atoms. The van der Waals surface area contributed by atoms with Gasteiger partial charge >= 0.3 is 5.97 Å². The van der Waals surface area contributed by atoms with Crippen molar-refractivity contribution in [2.24, 2.45) is 0 Å². The number of benzene rings is 1. The van der Waals surface area contributed by atoms with Crippen molar-refractivity contribution in [3.63, 3.8) is 0 Å². The molecule has 1 N–H and O–H groups in total. The highest BCUT2D eigenvalue weighted by Gasteiger charge is 2.17. The fourth-order valence-corrected chi connectivity index (χ4v) is 4.83. The number of thioether (sulfide) groups is 1. The van der Waals surface area contributed by atoms with Crippen LogP contribution in [0, 0.1) is 13.8 Å². The first-order valence-electron chi connectivity index (χ1n) is 8.40. The molecule has 0 aliphatic heterocycles. The molecule has 8 heteroatoms. The number of carbonyl (C=O) groups is 1. The average molecular weight is 423 g/mol. The summed E-state index contributed by atoms with van der Waals surface area (Å²) in [5, 5.41) is 1.88.